The van der Waals surface area contributed by atoms with E-state index in [2.05, 4.69) is 11.7 Å². The highest BCUT2D eigenvalue weighted by Crippen LogP contribution is 2.41. The van der Waals surface area contributed by atoms with Crippen molar-refractivity contribution in [3.05, 3.63) is 12.7 Å². The number of hydrogen-bond donors (Lipinski definition) is 0. The molecule has 0 saturated heterocycles. The third-order valence-corrected chi connectivity index (χ3v) is 3.72. The second-order valence-electron chi connectivity index (χ2n) is 5.23. The summed E-state index contributed by atoms with van der Waals surface area (Å²) in [5, 5.41) is 3.98. The van der Waals surface area contributed by atoms with E-state index in [1.54, 1.807) is 13.0 Å². The second-order valence-corrected chi connectivity index (χ2v) is 5.23. The Morgan fingerprint density at radius 2 is 2.19 bits per heavy atom. The van der Waals surface area contributed by atoms with Crippen LogP contribution in [0, 0.1) is 5.41 Å². The zero-order valence-corrected chi connectivity index (χ0v) is 13.0. The quantitative estimate of drug-likeness (QED) is 0.298. The average Bonchev–Trinajstić information content (AvgIpc) is 2.87. The number of nitrogens with zero attached hydrogens (tertiary/aromatic N) is 1. The molecule has 1 aliphatic carbocycles. The summed E-state index contributed by atoms with van der Waals surface area (Å²) in [7, 11) is 0. The van der Waals surface area contributed by atoms with Crippen molar-refractivity contribution in [1.82, 2.24) is 0 Å². The number of esters is 1. The van der Waals surface area contributed by atoms with E-state index in [1.165, 1.54) is 0 Å². The summed E-state index contributed by atoms with van der Waals surface area (Å²) in [6.45, 7) is 7.72. The largest absolute Gasteiger partial charge is 0.465 e. The molecule has 1 fully saturated rings. The zero-order valence-electron chi connectivity index (χ0n) is 13.0. The molecule has 0 heterocycles. The number of allylic oxidation sites excluding steroid dienone is 1. The minimum Gasteiger partial charge on any atom is -0.465 e. The number of rotatable bonds is 8. The molecule has 0 unspecified atom stereocenters. The Morgan fingerprint density at radius 1 is 1.43 bits per heavy atom. The van der Waals surface area contributed by atoms with Gasteiger partial charge in [0.25, 0.3) is 0 Å². The van der Waals surface area contributed by atoms with Crippen molar-refractivity contribution in [3.8, 4) is 0 Å². The van der Waals surface area contributed by atoms with Crippen LogP contribution in [-0.2, 0) is 19.2 Å². The molecule has 0 spiro atoms. The van der Waals surface area contributed by atoms with Crippen molar-refractivity contribution in [2.75, 3.05) is 6.61 Å². The van der Waals surface area contributed by atoms with Crippen LogP contribution in [0.25, 0.3) is 0 Å². The number of carbonyl (C=O) groups is 2. The smallest absolute Gasteiger partial charge is 0.334 e. The lowest BCUT2D eigenvalue weighted by molar-refractivity contribution is -0.152. The average molecular weight is 295 g/mol. The van der Waals surface area contributed by atoms with Crippen molar-refractivity contribution in [1.29, 1.82) is 0 Å². The Morgan fingerprint density at radius 3 is 2.81 bits per heavy atom. The fourth-order valence-electron chi connectivity index (χ4n) is 2.64. The maximum Gasteiger partial charge on any atom is 0.334 e. The molecule has 1 aliphatic rings. The number of ether oxygens (including phenoxy) is 1. The molecule has 1 atom stereocenters. The molecule has 0 bridgehead atoms. The van der Waals surface area contributed by atoms with Gasteiger partial charge in [0.05, 0.1) is 12.3 Å². The fraction of sp³-hybridized carbons (Fsp3) is 0.688. The van der Waals surface area contributed by atoms with Crippen LogP contribution in [0.4, 0.5) is 0 Å². The van der Waals surface area contributed by atoms with E-state index < -0.39 is 5.41 Å². The Labute approximate surface area is 126 Å². The first-order valence-corrected chi connectivity index (χ1v) is 7.66. The molecule has 0 aromatic carbocycles. The van der Waals surface area contributed by atoms with Gasteiger partial charge in [-0.3, -0.25) is 4.79 Å². The SMILES string of the molecule is C=CCC[C@@]1(C(=O)OCC)CCC/C1=N/OC(=O)CCC. The molecule has 1 rings (SSSR count). The first-order chi connectivity index (χ1) is 10.1. The van der Waals surface area contributed by atoms with Gasteiger partial charge in [-0.1, -0.05) is 18.2 Å². The minimum absolute atomic E-state index is 0.269. The molecular formula is C16H25NO4. The van der Waals surface area contributed by atoms with Gasteiger partial charge in [-0.05, 0) is 45.4 Å². The van der Waals surface area contributed by atoms with Gasteiger partial charge < -0.3 is 9.57 Å². The Bertz CT molecular complexity index is 417. The Kier molecular flexibility index (Phi) is 7.12. The molecule has 0 amide bonds. The summed E-state index contributed by atoms with van der Waals surface area (Å²) in [4.78, 5) is 28.8. The molecule has 5 heteroatoms. The second kappa shape index (κ2) is 8.60. The Balaban J connectivity index is 2.92. The van der Waals surface area contributed by atoms with E-state index in [0.29, 0.717) is 50.8 Å². The highest BCUT2D eigenvalue weighted by atomic mass is 16.7. The number of carbonyl (C=O) groups excluding carboxylic acids is 2. The molecule has 0 aromatic rings. The molecule has 0 aromatic heterocycles. The van der Waals surface area contributed by atoms with Crippen molar-refractivity contribution in [2.45, 2.75) is 58.8 Å². The van der Waals surface area contributed by atoms with Gasteiger partial charge in [0, 0.05) is 6.42 Å². The predicted molar refractivity (Wildman–Crippen MR) is 80.8 cm³/mol. The van der Waals surface area contributed by atoms with E-state index in [4.69, 9.17) is 9.57 Å². The van der Waals surface area contributed by atoms with Gasteiger partial charge in [-0.25, -0.2) is 4.79 Å². The fourth-order valence-corrected chi connectivity index (χ4v) is 2.64. The molecule has 21 heavy (non-hydrogen) atoms. The van der Waals surface area contributed by atoms with Crippen molar-refractivity contribution >= 4 is 17.7 Å². The standard InChI is InChI=1S/C16H25NO4/c1-4-7-11-16(15(19)20-6-3)12-8-10-13(16)17-21-14(18)9-5-2/h4H,1,5-12H2,2-3H3/b17-13-/t16-/m1/s1. The molecule has 0 aliphatic heterocycles. The van der Waals surface area contributed by atoms with Crippen molar-refractivity contribution < 1.29 is 19.2 Å². The van der Waals surface area contributed by atoms with Crippen molar-refractivity contribution in [2.24, 2.45) is 10.6 Å². The van der Waals surface area contributed by atoms with Gasteiger partial charge >= 0.3 is 11.9 Å². The first-order valence-electron chi connectivity index (χ1n) is 7.66. The number of oxime groups is 1. The van der Waals surface area contributed by atoms with Crippen LogP contribution in [0.3, 0.4) is 0 Å². The van der Waals surface area contributed by atoms with Gasteiger partial charge in [0.2, 0.25) is 0 Å². The van der Waals surface area contributed by atoms with Gasteiger partial charge in [-0.15, -0.1) is 6.58 Å². The van der Waals surface area contributed by atoms with Crippen molar-refractivity contribution in [3.63, 3.8) is 0 Å². The van der Waals surface area contributed by atoms with Crippen LogP contribution in [0.2, 0.25) is 0 Å². The molecular weight excluding hydrogens is 270 g/mol. The van der Waals surface area contributed by atoms with E-state index in [-0.39, 0.29) is 11.9 Å². The maximum atomic E-state index is 12.4. The van der Waals surface area contributed by atoms with Crippen LogP contribution in [-0.4, -0.2) is 24.3 Å². The molecule has 0 N–H and O–H groups in total. The third-order valence-electron chi connectivity index (χ3n) is 3.72. The normalized spacial score (nSPS) is 23.0. The third kappa shape index (κ3) is 4.41. The molecule has 118 valence electrons. The van der Waals surface area contributed by atoms with Crippen LogP contribution in [0.1, 0.15) is 58.8 Å². The Hall–Kier alpha value is -1.65. The van der Waals surface area contributed by atoms with E-state index in [1.807, 2.05) is 6.92 Å². The topological polar surface area (TPSA) is 65.0 Å². The van der Waals surface area contributed by atoms with E-state index >= 15 is 0 Å². The summed E-state index contributed by atoms with van der Waals surface area (Å²) in [5.41, 5.74) is -0.122. The first kappa shape index (κ1) is 17.4. The highest BCUT2D eigenvalue weighted by Gasteiger charge is 2.48. The minimum atomic E-state index is -0.753. The van der Waals surface area contributed by atoms with Crippen LogP contribution >= 0.6 is 0 Å². The molecule has 0 radical (unpaired) electrons. The van der Waals surface area contributed by atoms with Gasteiger partial charge in [0.1, 0.15) is 5.41 Å². The number of hydrogen-bond acceptors (Lipinski definition) is 5. The molecule has 5 nitrogen and oxygen atoms in total. The summed E-state index contributed by atoms with van der Waals surface area (Å²) >= 11 is 0. The maximum absolute atomic E-state index is 12.4. The lowest BCUT2D eigenvalue weighted by Gasteiger charge is -2.26. The lowest BCUT2D eigenvalue weighted by atomic mass is 9.80. The molecule has 1 saturated carbocycles. The summed E-state index contributed by atoms with van der Waals surface area (Å²) in [6, 6.07) is 0. The van der Waals surface area contributed by atoms with Gasteiger partial charge in [0.15, 0.2) is 0 Å². The van der Waals surface area contributed by atoms with Crippen LogP contribution < -0.4 is 0 Å². The van der Waals surface area contributed by atoms with Gasteiger partial charge in [-0.2, -0.15) is 0 Å². The lowest BCUT2D eigenvalue weighted by Crippen LogP contribution is -2.37. The van der Waals surface area contributed by atoms with Crippen LogP contribution in [0.15, 0.2) is 17.8 Å². The predicted octanol–water partition coefficient (Wildman–Crippen LogP) is 3.39. The van der Waals surface area contributed by atoms with E-state index in [0.717, 1.165) is 6.42 Å². The van der Waals surface area contributed by atoms with Crippen LogP contribution in [0.5, 0.6) is 0 Å². The summed E-state index contributed by atoms with van der Waals surface area (Å²) in [6.07, 6.45) is 6.30. The zero-order chi connectivity index (χ0) is 15.7. The van der Waals surface area contributed by atoms with E-state index in [9.17, 15) is 9.59 Å². The summed E-state index contributed by atoms with van der Waals surface area (Å²) < 4.78 is 5.22. The monoisotopic (exact) mass is 295 g/mol. The highest BCUT2D eigenvalue weighted by molar-refractivity contribution is 6.08. The summed E-state index contributed by atoms with van der Waals surface area (Å²) in [5.74, 6) is -0.631.